The van der Waals surface area contributed by atoms with Crippen LogP contribution in [0.3, 0.4) is 0 Å². The van der Waals surface area contributed by atoms with E-state index in [4.69, 9.17) is 15.2 Å². The maximum Gasteiger partial charge on any atom is 0.224 e. The summed E-state index contributed by atoms with van der Waals surface area (Å²) in [7, 11) is 0. The molecule has 1 unspecified atom stereocenters. The molecule has 2 fully saturated rings. The van der Waals surface area contributed by atoms with E-state index in [-0.39, 0.29) is 17.4 Å². The van der Waals surface area contributed by atoms with Crippen LogP contribution in [0.5, 0.6) is 5.75 Å². The Morgan fingerprint density at radius 2 is 2.12 bits per heavy atom. The molecule has 1 amide bonds. The first kappa shape index (κ1) is 18.2. The van der Waals surface area contributed by atoms with E-state index >= 15 is 0 Å². The minimum Gasteiger partial charge on any atom is -0.491 e. The van der Waals surface area contributed by atoms with Gasteiger partial charge < -0.3 is 20.5 Å². The number of nitrogens with one attached hydrogen (secondary N) is 1. The minimum absolute atomic E-state index is 0.0176. The maximum atomic E-state index is 12.5. The summed E-state index contributed by atoms with van der Waals surface area (Å²) in [5.74, 6) is 0.808. The predicted molar refractivity (Wildman–Crippen MR) is 98.7 cm³/mol. The number of benzene rings is 1. The lowest BCUT2D eigenvalue weighted by atomic mass is 9.71. The molecule has 3 rings (SSSR count). The highest BCUT2D eigenvalue weighted by Crippen LogP contribution is 2.38. The molecule has 5 heteroatoms. The Kier molecular flexibility index (Phi) is 6.32. The van der Waals surface area contributed by atoms with Crippen molar-refractivity contribution in [2.75, 3.05) is 25.1 Å². The average Bonchev–Trinajstić information content (AvgIpc) is 3.14. The molecule has 1 aromatic rings. The molecule has 1 heterocycles. The fraction of sp³-hybridized carbons (Fsp3) is 0.650. The van der Waals surface area contributed by atoms with E-state index in [1.807, 2.05) is 24.3 Å². The van der Waals surface area contributed by atoms with Crippen molar-refractivity contribution in [1.82, 2.24) is 0 Å². The SMILES string of the molecule is NCC1(CC(=O)Nc2cccc(OCC3CCCO3)c2)CCCCC1. The van der Waals surface area contributed by atoms with Crippen molar-refractivity contribution < 1.29 is 14.3 Å². The van der Waals surface area contributed by atoms with Crippen LogP contribution >= 0.6 is 0 Å². The number of hydrogen-bond acceptors (Lipinski definition) is 4. The first-order chi connectivity index (χ1) is 12.2. The van der Waals surface area contributed by atoms with Crippen molar-refractivity contribution in [3.63, 3.8) is 0 Å². The van der Waals surface area contributed by atoms with Gasteiger partial charge >= 0.3 is 0 Å². The summed E-state index contributed by atoms with van der Waals surface area (Å²) in [6, 6.07) is 7.59. The molecule has 1 aliphatic heterocycles. The highest BCUT2D eigenvalue weighted by Gasteiger charge is 2.32. The molecule has 3 N–H and O–H groups in total. The normalized spacial score (nSPS) is 22.5. The van der Waals surface area contributed by atoms with Crippen LogP contribution in [0.1, 0.15) is 51.4 Å². The predicted octanol–water partition coefficient (Wildman–Crippen LogP) is 3.48. The van der Waals surface area contributed by atoms with Crippen LogP contribution in [0.25, 0.3) is 0 Å². The number of carbonyl (C=O) groups excluding carboxylic acids is 1. The van der Waals surface area contributed by atoms with Crippen LogP contribution in [-0.4, -0.2) is 31.8 Å². The van der Waals surface area contributed by atoms with Crippen LogP contribution in [0.4, 0.5) is 5.69 Å². The number of anilines is 1. The summed E-state index contributed by atoms with van der Waals surface area (Å²) in [6.07, 6.45) is 8.58. The maximum absolute atomic E-state index is 12.5. The van der Waals surface area contributed by atoms with E-state index in [0.717, 1.165) is 43.7 Å². The van der Waals surface area contributed by atoms with E-state index in [1.54, 1.807) is 0 Å². The van der Waals surface area contributed by atoms with Gasteiger partial charge in [-0.25, -0.2) is 0 Å². The third kappa shape index (κ3) is 5.19. The Morgan fingerprint density at radius 3 is 2.84 bits per heavy atom. The van der Waals surface area contributed by atoms with Crippen molar-refractivity contribution in [2.24, 2.45) is 11.1 Å². The molecule has 2 aliphatic rings. The number of ether oxygens (including phenoxy) is 2. The summed E-state index contributed by atoms with van der Waals surface area (Å²) < 4.78 is 11.4. The van der Waals surface area contributed by atoms with Crippen molar-refractivity contribution >= 4 is 11.6 Å². The zero-order chi connectivity index (χ0) is 17.5. The average molecular weight is 346 g/mol. The first-order valence-electron chi connectivity index (χ1n) is 9.54. The highest BCUT2D eigenvalue weighted by molar-refractivity contribution is 5.91. The smallest absolute Gasteiger partial charge is 0.224 e. The molecule has 25 heavy (non-hydrogen) atoms. The number of amides is 1. The Morgan fingerprint density at radius 1 is 1.28 bits per heavy atom. The van der Waals surface area contributed by atoms with Gasteiger partial charge in [-0.15, -0.1) is 0 Å². The first-order valence-corrected chi connectivity index (χ1v) is 9.54. The van der Waals surface area contributed by atoms with E-state index < -0.39 is 0 Å². The van der Waals surface area contributed by atoms with Crippen LogP contribution in [0.2, 0.25) is 0 Å². The van der Waals surface area contributed by atoms with E-state index in [0.29, 0.717) is 19.6 Å². The lowest BCUT2D eigenvalue weighted by Crippen LogP contribution is -2.36. The van der Waals surface area contributed by atoms with Gasteiger partial charge in [0.2, 0.25) is 5.91 Å². The second-order valence-electron chi connectivity index (χ2n) is 7.46. The molecule has 1 aliphatic carbocycles. The van der Waals surface area contributed by atoms with Gasteiger partial charge in [0.1, 0.15) is 12.4 Å². The van der Waals surface area contributed by atoms with Crippen molar-refractivity contribution in [2.45, 2.75) is 57.5 Å². The molecule has 0 bridgehead atoms. The van der Waals surface area contributed by atoms with Gasteiger partial charge in [-0.05, 0) is 49.8 Å². The van der Waals surface area contributed by atoms with Gasteiger partial charge in [0.15, 0.2) is 0 Å². The molecule has 1 atom stereocenters. The van der Waals surface area contributed by atoms with Gasteiger partial charge in [-0.2, -0.15) is 0 Å². The van der Waals surface area contributed by atoms with Crippen LogP contribution < -0.4 is 15.8 Å². The highest BCUT2D eigenvalue weighted by atomic mass is 16.5. The standard InChI is InChI=1S/C20H30N2O3/c21-15-20(9-2-1-3-10-20)13-19(23)22-16-6-4-7-17(12-16)25-14-18-8-5-11-24-18/h4,6-7,12,18H,1-3,5,8-11,13-15,21H2,(H,22,23). The molecule has 138 valence electrons. The second-order valence-corrected chi connectivity index (χ2v) is 7.46. The molecule has 0 radical (unpaired) electrons. The lowest BCUT2D eigenvalue weighted by Gasteiger charge is -2.35. The van der Waals surface area contributed by atoms with E-state index in [2.05, 4.69) is 5.32 Å². The monoisotopic (exact) mass is 346 g/mol. The summed E-state index contributed by atoms with van der Waals surface area (Å²) in [5.41, 5.74) is 6.75. The summed E-state index contributed by atoms with van der Waals surface area (Å²) in [6.45, 7) is 1.98. The van der Waals surface area contributed by atoms with Crippen LogP contribution in [0.15, 0.2) is 24.3 Å². The van der Waals surface area contributed by atoms with Crippen molar-refractivity contribution in [1.29, 1.82) is 0 Å². The van der Waals surface area contributed by atoms with Gasteiger partial charge in [0.05, 0.1) is 6.10 Å². The Hall–Kier alpha value is -1.59. The lowest BCUT2D eigenvalue weighted by molar-refractivity contribution is -0.118. The van der Waals surface area contributed by atoms with E-state index in [1.165, 1.54) is 19.3 Å². The zero-order valence-corrected chi connectivity index (χ0v) is 15.0. The summed E-state index contributed by atoms with van der Waals surface area (Å²) in [5, 5.41) is 3.01. The second kappa shape index (κ2) is 8.68. The Balaban J connectivity index is 1.52. The summed E-state index contributed by atoms with van der Waals surface area (Å²) >= 11 is 0. The summed E-state index contributed by atoms with van der Waals surface area (Å²) in [4.78, 5) is 12.5. The molecule has 0 spiro atoms. The van der Waals surface area contributed by atoms with E-state index in [9.17, 15) is 4.79 Å². The van der Waals surface area contributed by atoms with Gasteiger partial charge in [-0.3, -0.25) is 4.79 Å². The molecule has 1 aromatic carbocycles. The Labute approximate surface area is 150 Å². The fourth-order valence-electron chi connectivity index (χ4n) is 3.93. The van der Waals surface area contributed by atoms with Crippen molar-refractivity contribution in [3.8, 4) is 5.75 Å². The van der Waals surface area contributed by atoms with Gasteiger partial charge in [0, 0.05) is 24.8 Å². The quantitative estimate of drug-likeness (QED) is 0.793. The van der Waals surface area contributed by atoms with Gasteiger partial charge in [-0.1, -0.05) is 25.3 Å². The van der Waals surface area contributed by atoms with Crippen molar-refractivity contribution in [3.05, 3.63) is 24.3 Å². The molecule has 1 saturated heterocycles. The number of rotatable bonds is 7. The Bertz CT molecular complexity index is 564. The molecular formula is C20H30N2O3. The fourth-order valence-corrected chi connectivity index (χ4v) is 3.93. The zero-order valence-electron chi connectivity index (χ0n) is 15.0. The van der Waals surface area contributed by atoms with Crippen LogP contribution in [0, 0.1) is 5.41 Å². The molecular weight excluding hydrogens is 316 g/mol. The minimum atomic E-state index is -0.0176. The molecule has 1 saturated carbocycles. The largest absolute Gasteiger partial charge is 0.491 e. The number of hydrogen-bond donors (Lipinski definition) is 2. The van der Waals surface area contributed by atoms with Crippen LogP contribution in [-0.2, 0) is 9.53 Å². The third-order valence-electron chi connectivity index (χ3n) is 5.46. The topological polar surface area (TPSA) is 73.6 Å². The molecule has 5 nitrogen and oxygen atoms in total. The third-order valence-corrected chi connectivity index (χ3v) is 5.46. The number of nitrogens with two attached hydrogens (primary N) is 1. The van der Waals surface area contributed by atoms with Gasteiger partial charge in [0.25, 0.3) is 0 Å². The molecule has 0 aromatic heterocycles. The number of carbonyl (C=O) groups is 1.